The normalized spacial score (nSPS) is 28.9. The number of carbonyl (C=O) groups excluding carboxylic acids is 2. The summed E-state index contributed by atoms with van der Waals surface area (Å²) in [6, 6.07) is 30.8. The molecule has 0 aromatic heterocycles. The third-order valence-electron chi connectivity index (χ3n) is 7.79. The number of imide groups is 1. The van der Waals surface area contributed by atoms with Crippen molar-refractivity contribution in [3.8, 4) is 0 Å². The number of nitrogens with one attached hydrogen (secondary N) is 1. The van der Waals surface area contributed by atoms with Gasteiger partial charge in [0.05, 0.1) is 18.2 Å². The second-order valence-electron chi connectivity index (χ2n) is 9.30. The lowest BCUT2D eigenvalue weighted by Crippen LogP contribution is -3.16. The first-order chi connectivity index (χ1) is 15.8. The predicted molar refractivity (Wildman–Crippen MR) is 123 cm³/mol. The number of rotatable bonds is 4. The highest BCUT2D eigenvalue weighted by Crippen LogP contribution is 2.44. The third kappa shape index (κ3) is 2.86. The van der Waals surface area contributed by atoms with Crippen LogP contribution in [0.2, 0.25) is 0 Å². The smallest absolute Gasteiger partial charge is 0.243 e. The number of hydrogen-bond acceptors (Lipinski definition) is 2. The van der Waals surface area contributed by atoms with E-state index in [-0.39, 0.29) is 41.7 Å². The Kier molecular flexibility index (Phi) is 4.69. The Morgan fingerprint density at radius 1 is 0.719 bits per heavy atom. The number of para-hydroxylation sites is 1. The number of hydrogen-bond donors (Lipinski definition) is 1. The van der Waals surface area contributed by atoms with E-state index in [1.54, 1.807) is 0 Å². The summed E-state index contributed by atoms with van der Waals surface area (Å²) in [7, 11) is 0. The van der Waals surface area contributed by atoms with Gasteiger partial charge >= 0.3 is 0 Å². The number of amides is 2. The molecule has 3 aliphatic heterocycles. The van der Waals surface area contributed by atoms with Gasteiger partial charge in [0.15, 0.2) is 0 Å². The summed E-state index contributed by atoms with van der Waals surface area (Å²) in [6.07, 6.45) is 2.13. The van der Waals surface area contributed by atoms with Gasteiger partial charge in [0.1, 0.15) is 23.9 Å². The molecule has 1 unspecified atom stereocenters. The first kappa shape index (κ1) is 19.4. The van der Waals surface area contributed by atoms with Crippen LogP contribution in [0.15, 0.2) is 91.0 Å². The van der Waals surface area contributed by atoms with E-state index < -0.39 is 0 Å². The maximum Gasteiger partial charge on any atom is 0.243 e. The predicted octanol–water partition coefficient (Wildman–Crippen LogP) is 3.05. The average molecular weight is 424 g/mol. The van der Waals surface area contributed by atoms with E-state index in [0.29, 0.717) is 5.69 Å². The SMILES string of the molecule is O=C1[C@H]2[C@H](C(=O)N1c1ccccc1)[C@H](C(c1ccccc1)c1ccccc1)[NH+]1CCC[C@H]21. The maximum absolute atomic E-state index is 13.9. The molecule has 3 aromatic rings. The van der Waals surface area contributed by atoms with Crippen molar-refractivity contribution in [2.45, 2.75) is 30.8 Å². The van der Waals surface area contributed by atoms with Crippen LogP contribution in [0.4, 0.5) is 5.69 Å². The van der Waals surface area contributed by atoms with Crippen LogP contribution in [0.5, 0.6) is 0 Å². The first-order valence-corrected chi connectivity index (χ1v) is 11.6. The fraction of sp³-hybridized carbons (Fsp3) is 0.286. The molecule has 2 amide bonds. The molecule has 1 N–H and O–H groups in total. The van der Waals surface area contributed by atoms with Crippen LogP contribution in [0, 0.1) is 11.8 Å². The molecule has 3 aromatic carbocycles. The summed E-state index contributed by atoms with van der Waals surface area (Å²) < 4.78 is 0. The zero-order valence-electron chi connectivity index (χ0n) is 17.9. The van der Waals surface area contributed by atoms with Crippen LogP contribution < -0.4 is 9.80 Å². The van der Waals surface area contributed by atoms with Gasteiger partial charge in [0.2, 0.25) is 11.8 Å². The van der Waals surface area contributed by atoms with Crippen molar-refractivity contribution in [3.63, 3.8) is 0 Å². The van der Waals surface area contributed by atoms with E-state index >= 15 is 0 Å². The summed E-state index contributed by atoms with van der Waals surface area (Å²) in [5.41, 5.74) is 3.15. The molecule has 32 heavy (non-hydrogen) atoms. The van der Waals surface area contributed by atoms with Crippen LogP contribution in [0.1, 0.15) is 29.9 Å². The number of carbonyl (C=O) groups is 2. The maximum atomic E-state index is 13.9. The van der Waals surface area contributed by atoms with E-state index in [9.17, 15) is 9.59 Å². The van der Waals surface area contributed by atoms with E-state index in [4.69, 9.17) is 0 Å². The quantitative estimate of drug-likeness (QED) is 0.656. The Hall–Kier alpha value is -3.24. The number of nitrogens with zero attached hydrogens (tertiary/aromatic N) is 1. The number of fused-ring (bicyclic) bond motifs is 3. The van der Waals surface area contributed by atoms with Crippen molar-refractivity contribution in [1.82, 2.24) is 0 Å². The minimum atomic E-state index is -0.284. The molecule has 3 aliphatic rings. The second kappa shape index (κ2) is 7.72. The van der Waals surface area contributed by atoms with Crippen molar-refractivity contribution in [2.75, 3.05) is 11.4 Å². The molecule has 0 saturated carbocycles. The number of quaternary nitrogens is 1. The zero-order chi connectivity index (χ0) is 21.7. The lowest BCUT2D eigenvalue weighted by atomic mass is 9.77. The molecule has 3 heterocycles. The van der Waals surface area contributed by atoms with Gasteiger partial charge in [-0.05, 0) is 23.3 Å². The van der Waals surface area contributed by atoms with Crippen molar-refractivity contribution < 1.29 is 14.5 Å². The lowest BCUT2D eigenvalue weighted by Gasteiger charge is -2.32. The van der Waals surface area contributed by atoms with Crippen molar-refractivity contribution in [2.24, 2.45) is 11.8 Å². The Bertz CT molecular complexity index is 1090. The van der Waals surface area contributed by atoms with Gasteiger partial charge < -0.3 is 4.90 Å². The Labute approximate surface area is 188 Å². The molecule has 4 heteroatoms. The Morgan fingerprint density at radius 2 is 1.25 bits per heavy atom. The highest BCUT2D eigenvalue weighted by molar-refractivity contribution is 6.22. The van der Waals surface area contributed by atoms with Crippen LogP contribution in [0.25, 0.3) is 0 Å². The molecule has 0 spiro atoms. The van der Waals surface area contributed by atoms with Gasteiger partial charge in [-0.3, -0.25) is 9.59 Å². The van der Waals surface area contributed by atoms with Crippen molar-refractivity contribution in [3.05, 3.63) is 102 Å². The summed E-state index contributed by atoms with van der Waals surface area (Å²) in [5, 5.41) is 0. The summed E-state index contributed by atoms with van der Waals surface area (Å²) in [5.74, 6) is -0.447. The Morgan fingerprint density at radius 3 is 1.84 bits per heavy atom. The summed E-state index contributed by atoms with van der Waals surface area (Å²) in [4.78, 5) is 30.5. The number of benzene rings is 3. The molecule has 5 atom stereocenters. The lowest BCUT2D eigenvalue weighted by molar-refractivity contribution is -0.926. The van der Waals surface area contributed by atoms with Gasteiger partial charge in [0.25, 0.3) is 0 Å². The molecular weight excluding hydrogens is 396 g/mol. The number of anilines is 1. The van der Waals surface area contributed by atoms with Crippen molar-refractivity contribution in [1.29, 1.82) is 0 Å². The molecule has 4 nitrogen and oxygen atoms in total. The average Bonchev–Trinajstić information content (AvgIpc) is 3.49. The fourth-order valence-corrected chi connectivity index (χ4v) is 6.65. The molecule has 0 radical (unpaired) electrons. The van der Waals surface area contributed by atoms with Crippen LogP contribution in [-0.2, 0) is 9.59 Å². The van der Waals surface area contributed by atoms with Gasteiger partial charge in [-0.25, -0.2) is 4.90 Å². The zero-order valence-corrected chi connectivity index (χ0v) is 17.9. The highest BCUT2D eigenvalue weighted by atomic mass is 16.2. The van der Waals surface area contributed by atoms with E-state index in [1.165, 1.54) is 20.9 Å². The molecule has 6 rings (SSSR count). The van der Waals surface area contributed by atoms with Crippen LogP contribution in [-0.4, -0.2) is 30.4 Å². The van der Waals surface area contributed by atoms with Gasteiger partial charge in [-0.1, -0.05) is 78.9 Å². The first-order valence-electron chi connectivity index (χ1n) is 11.6. The monoisotopic (exact) mass is 423 g/mol. The van der Waals surface area contributed by atoms with Crippen LogP contribution >= 0.6 is 0 Å². The van der Waals surface area contributed by atoms with Gasteiger partial charge in [0, 0.05) is 12.8 Å². The third-order valence-corrected chi connectivity index (χ3v) is 7.79. The van der Waals surface area contributed by atoms with Gasteiger partial charge in [-0.2, -0.15) is 0 Å². The van der Waals surface area contributed by atoms with Gasteiger partial charge in [-0.15, -0.1) is 0 Å². The minimum Gasteiger partial charge on any atom is -0.328 e. The largest absolute Gasteiger partial charge is 0.328 e. The summed E-state index contributed by atoms with van der Waals surface area (Å²) in [6.45, 7) is 1.03. The second-order valence-corrected chi connectivity index (χ2v) is 9.30. The van der Waals surface area contributed by atoms with E-state index in [2.05, 4.69) is 48.5 Å². The molecular formula is C28H27N2O2+. The molecule has 0 bridgehead atoms. The van der Waals surface area contributed by atoms with E-state index in [1.807, 2.05) is 42.5 Å². The Balaban J connectivity index is 1.49. The molecule has 3 saturated heterocycles. The topological polar surface area (TPSA) is 41.8 Å². The molecule has 3 fully saturated rings. The standard InChI is InChI=1S/C28H26N2O2/c31-27-24-22-17-10-18-29(22)26(25(24)28(32)30(27)21-15-8-3-9-16-21)23(19-11-4-1-5-12-19)20-13-6-2-7-14-20/h1-9,11-16,22-26H,10,17-18H2/p+1/t22-,24-,25+,26+/m1/s1. The minimum absolute atomic E-state index is 0.00188. The highest BCUT2D eigenvalue weighted by Gasteiger charge is 2.67. The van der Waals surface area contributed by atoms with Crippen molar-refractivity contribution >= 4 is 17.5 Å². The fourth-order valence-electron chi connectivity index (χ4n) is 6.65. The molecule has 160 valence electrons. The van der Waals surface area contributed by atoms with E-state index in [0.717, 1.165) is 19.4 Å². The summed E-state index contributed by atoms with van der Waals surface area (Å²) >= 11 is 0. The van der Waals surface area contributed by atoms with Crippen LogP contribution in [0.3, 0.4) is 0 Å². The molecule has 0 aliphatic carbocycles.